The zero-order valence-electron chi connectivity index (χ0n) is 7.62. The SMILES string of the molecule is CC(CCO)N1CCNC(=O)C1=O. The largest absolute Gasteiger partial charge is 0.396 e. The lowest BCUT2D eigenvalue weighted by molar-refractivity contribution is -0.149. The zero-order chi connectivity index (χ0) is 9.84. The minimum Gasteiger partial charge on any atom is -0.396 e. The molecular weight excluding hydrogens is 172 g/mol. The van der Waals surface area contributed by atoms with E-state index in [-0.39, 0.29) is 12.6 Å². The van der Waals surface area contributed by atoms with Gasteiger partial charge in [0.1, 0.15) is 0 Å². The van der Waals surface area contributed by atoms with Gasteiger partial charge in [0, 0.05) is 25.7 Å². The van der Waals surface area contributed by atoms with Gasteiger partial charge in [-0.1, -0.05) is 0 Å². The summed E-state index contributed by atoms with van der Waals surface area (Å²) in [5.41, 5.74) is 0. The van der Waals surface area contributed by atoms with Crippen molar-refractivity contribution in [2.45, 2.75) is 19.4 Å². The Kier molecular flexibility index (Phi) is 3.25. The molecule has 13 heavy (non-hydrogen) atoms. The standard InChI is InChI=1S/C8H14N2O3/c1-6(2-5-11)10-4-3-9-7(12)8(10)13/h6,11H,2-5H2,1H3,(H,9,12). The van der Waals surface area contributed by atoms with Gasteiger partial charge in [-0.05, 0) is 13.3 Å². The van der Waals surface area contributed by atoms with E-state index in [4.69, 9.17) is 5.11 Å². The normalized spacial score (nSPS) is 20.0. The Labute approximate surface area is 76.7 Å². The number of nitrogens with zero attached hydrogens (tertiary/aromatic N) is 1. The third kappa shape index (κ3) is 2.18. The smallest absolute Gasteiger partial charge is 0.312 e. The highest BCUT2D eigenvalue weighted by molar-refractivity contribution is 6.35. The van der Waals surface area contributed by atoms with Crippen LogP contribution in [0, 0.1) is 0 Å². The van der Waals surface area contributed by atoms with Crippen LogP contribution >= 0.6 is 0 Å². The maximum atomic E-state index is 11.3. The molecule has 1 rings (SSSR count). The lowest BCUT2D eigenvalue weighted by Crippen LogP contribution is -2.55. The van der Waals surface area contributed by atoms with Crippen LogP contribution in [0.2, 0.25) is 0 Å². The first-order valence-corrected chi connectivity index (χ1v) is 4.36. The van der Waals surface area contributed by atoms with Gasteiger partial charge in [0.05, 0.1) is 0 Å². The second kappa shape index (κ2) is 4.23. The van der Waals surface area contributed by atoms with Crippen molar-refractivity contribution >= 4 is 11.8 Å². The first kappa shape index (κ1) is 9.98. The van der Waals surface area contributed by atoms with E-state index in [1.807, 2.05) is 6.92 Å². The number of carbonyl (C=O) groups is 2. The molecule has 2 N–H and O–H groups in total. The summed E-state index contributed by atoms with van der Waals surface area (Å²) in [5.74, 6) is -1.04. The third-order valence-corrected chi connectivity index (χ3v) is 2.17. The number of hydrogen-bond donors (Lipinski definition) is 2. The molecule has 1 aliphatic rings. The zero-order valence-corrected chi connectivity index (χ0v) is 7.62. The minimum absolute atomic E-state index is 0.0343. The predicted molar refractivity (Wildman–Crippen MR) is 45.9 cm³/mol. The van der Waals surface area contributed by atoms with Gasteiger partial charge >= 0.3 is 11.8 Å². The molecule has 2 amide bonds. The second-order valence-corrected chi connectivity index (χ2v) is 3.12. The maximum Gasteiger partial charge on any atom is 0.312 e. The lowest BCUT2D eigenvalue weighted by atomic mass is 10.2. The van der Waals surface area contributed by atoms with E-state index in [0.717, 1.165) is 0 Å². The number of aliphatic hydroxyl groups is 1. The summed E-state index contributed by atoms with van der Waals surface area (Å²) in [6, 6.07) is -0.0662. The van der Waals surface area contributed by atoms with E-state index in [1.165, 1.54) is 4.90 Å². The van der Waals surface area contributed by atoms with Crippen LogP contribution in [-0.4, -0.2) is 47.6 Å². The van der Waals surface area contributed by atoms with E-state index >= 15 is 0 Å². The van der Waals surface area contributed by atoms with Crippen LogP contribution in [0.15, 0.2) is 0 Å². The molecule has 1 aliphatic heterocycles. The van der Waals surface area contributed by atoms with Crippen LogP contribution in [0.4, 0.5) is 0 Å². The Bertz CT molecular complexity index is 217. The van der Waals surface area contributed by atoms with Gasteiger partial charge < -0.3 is 15.3 Å². The average Bonchev–Trinajstić information content (AvgIpc) is 2.10. The molecule has 1 heterocycles. The lowest BCUT2D eigenvalue weighted by Gasteiger charge is -2.31. The quantitative estimate of drug-likeness (QED) is 0.539. The molecule has 0 bridgehead atoms. The summed E-state index contributed by atoms with van der Waals surface area (Å²) in [7, 11) is 0. The summed E-state index contributed by atoms with van der Waals surface area (Å²) < 4.78 is 0. The van der Waals surface area contributed by atoms with Gasteiger partial charge in [-0.15, -0.1) is 0 Å². The molecule has 1 saturated heterocycles. The number of aliphatic hydroxyl groups excluding tert-OH is 1. The van der Waals surface area contributed by atoms with Crippen molar-refractivity contribution in [2.75, 3.05) is 19.7 Å². The van der Waals surface area contributed by atoms with Gasteiger partial charge in [-0.2, -0.15) is 0 Å². The summed E-state index contributed by atoms with van der Waals surface area (Å²) in [4.78, 5) is 23.7. The molecular formula is C8H14N2O3. The average molecular weight is 186 g/mol. The highest BCUT2D eigenvalue weighted by Gasteiger charge is 2.28. The molecule has 0 spiro atoms. The van der Waals surface area contributed by atoms with Gasteiger partial charge in [0.2, 0.25) is 0 Å². The van der Waals surface area contributed by atoms with Gasteiger partial charge in [0.25, 0.3) is 0 Å². The van der Waals surface area contributed by atoms with Crippen LogP contribution < -0.4 is 5.32 Å². The number of rotatable bonds is 3. The summed E-state index contributed by atoms with van der Waals surface area (Å²) in [5, 5.41) is 11.1. The van der Waals surface area contributed by atoms with Crippen LogP contribution in [0.3, 0.4) is 0 Å². The molecule has 0 aromatic rings. The molecule has 1 fully saturated rings. The van der Waals surface area contributed by atoms with Gasteiger partial charge in [-0.25, -0.2) is 0 Å². The van der Waals surface area contributed by atoms with Gasteiger partial charge in [0.15, 0.2) is 0 Å². The van der Waals surface area contributed by atoms with Gasteiger partial charge in [-0.3, -0.25) is 9.59 Å². The number of carbonyl (C=O) groups excluding carboxylic acids is 2. The van der Waals surface area contributed by atoms with Crippen LogP contribution in [0.5, 0.6) is 0 Å². The van der Waals surface area contributed by atoms with Crippen molar-refractivity contribution in [3.63, 3.8) is 0 Å². The molecule has 5 nitrogen and oxygen atoms in total. The Morgan fingerprint density at radius 2 is 2.31 bits per heavy atom. The molecule has 1 unspecified atom stereocenters. The van der Waals surface area contributed by atoms with Crippen molar-refractivity contribution in [3.05, 3.63) is 0 Å². The number of nitrogens with one attached hydrogen (secondary N) is 1. The first-order valence-electron chi connectivity index (χ1n) is 4.36. The maximum absolute atomic E-state index is 11.3. The summed E-state index contributed by atoms with van der Waals surface area (Å²) in [6.07, 6.45) is 0.513. The monoisotopic (exact) mass is 186 g/mol. The molecule has 1 atom stereocenters. The number of piperazine rings is 1. The number of amides is 2. The molecule has 5 heteroatoms. The van der Waals surface area contributed by atoms with E-state index < -0.39 is 11.8 Å². The van der Waals surface area contributed by atoms with Crippen molar-refractivity contribution < 1.29 is 14.7 Å². The Morgan fingerprint density at radius 3 is 2.92 bits per heavy atom. The molecule has 0 radical (unpaired) electrons. The van der Waals surface area contributed by atoms with Crippen LogP contribution in [0.25, 0.3) is 0 Å². The fourth-order valence-corrected chi connectivity index (χ4v) is 1.36. The highest BCUT2D eigenvalue weighted by atomic mass is 16.3. The van der Waals surface area contributed by atoms with Crippen molar-refractivity contribution in [3.8, 4) is 0 Å². The Morgan fingerprint density at radius 1 is 1.62 bits per heavy atom. The number of hydrogen-bond acceptors (Lipinski definition) is 3. The van der Waals surface area contributed by atoms with E-state index in [9.17, 15) is 9.59 Å². The molecule has 74 valence electrons. The van der Waals surface area contributed by atoms with Crippen LogP contribution in [-0.2, 0) is 9.59 Å². The highest BCUT2D eigenvalue weighted by Crippen LogP contribution is 2.05. The minimum atomic E-state index is -0.545. The predicted octanol–water partition coefficient (Wildman–Crippen LogP) is -1.28. The molecule has 0 aromatic heterocycles. The van der Waals surface area contributed by atoms with E-state index in [0.29, 0.717) is 19.5 Å². The second-order valence-electron chi connectivity index (χ2n) is 3.12. The summed E-state index contributed by atoms with van der Waals surface area (Å²) >= 11 is 0. The molecule has 0 aliphatic carbocycles. The Hall–Kier alpha value is -1.10. The van der Waals surface area contributed by atoms with E-state index in [1.54, 1.807) is 0 Å². The molecule has 0 aromatic carbocycles. The fourth-order valence-electron chi connectivity index (χ4n) is 1.36. The van der Waals surface area contributed by atoms with E-state index in [2.05, 4.69) is 5.32 Å². The fraction of sp³-hybridized carbons (Fsp3) is 0.750. The van der Waals surface area contributed by atoms with Crippen LogP contribution in [0.1, 0.15) is 13.3 Å². The third-order valence-electron chi connectivity index (χ3n) is 2.17. The Balaban J connectivity index is 2.57. The van der Waals surface area contributed by atoms with Crippen molar-refractivity contribution in [1.82, 2.24) is 10.2 Å². The topological polar surface area (TPSA) is 69.6 Å². The van der Waals surface area contributed by atoms with Crippen molar-refractivity contribution in [1.29, 1.82) is 0 Å². The summed E-state index contributed by atoms with van der Waals surface area (Å²) in [6.45, 7) is 2.89. The van der Waals surface area contributed by atoms with Crippen molar-refractivity contribution in [2.24, 2.45) is 0 Å². The molecule has 0 saturated carbocycles. The first-order chi connectivity index (χ1) is 6.16.